The molecule has 0 aliphatic carbocycles. The van der Waals surface area contributed by atoms with Gasteiger partial charge in [-0.1, -0.05) is 24.3 Å². The van der Waals surface area contributed by atoms with Crippen molar-refractivity contribution in [1.82, 2.24) is 20.6 Å². The zero-order valence-corrected chi connectivity index (χ0v) is 15.1. The molecule has 0 amide bonds. The minimum Gasteiger partial charge on any atom is -0.356 e. The van der Waals surface area contributed by atoms with Crippen LogP contribution in [0.4, 0.5) is 4.39 Å². The topological polar surface area (TPSA) is 65.1 Å². The van der Waals surface area contributed by atoms with Gasteiger partial charge in [0.2, 0.25) is 0 Å². The molecule has 2 aromatic carbocycles. The Labute approximate surface area is 152 Å². The first-order valence-corrected chi connectivity index (χ1v) is 8.79. The molecular weight excluding hydrogens is 329 g/mol. The Bertz CT molecular complexity index is 867. The monoisotopic (exact) mass is 353 g/mol. The van der Waals surface area contributed by atoms with E-state index in [2.05, 4.69) is 25.6 Å². The highest BCUT2D eigenvalue weighted by atomic mass is 19.1. The summed E-state index contributed by atoms with van der Waals surface area (Å²) in [4.78, 5) is 12.1. The van der Waals surface area contributed by atoms with Gasteiger partial charge < -0.3 is 15.6 Å². The van der Waals surface area contributed by atoms with Gasteiger partial charge in [-0.15, -0.1) is 0 Å². The Kier molecular flexibility index (Phi) is 5.84. The maximum absolute atomic E-state index is 13.6. The lowest BCUT2D eigenvalue weighted by molar-refractivity contribution is 0.615. The standard InChI is InChI=1S/C20H24FN5/c1-14-9-10-15(12-16(14)21)13-24-20(22-2)23-11-5-8-19-25-17-6-3-4-7-18(17)26-19/h3-4,6-7,9-10,12H,5,8,11,13H2,1-2H3,(H,25,26)(H2,22,23,24). The summed E-state index contributed by atoms with van der Waals surface area (Å²) >= 11 is 0. The number of imidazole rings is 1. The third-order valence-electron chi connectivity index (χ3n) is 4.24. The van der Waals surface area contributed by atoms with Crippen LogP contribution in [0.25, 0.3) is 11.0 Å². The fourth-order valence-electron chi connectivity index (χ4n) is 2.74. The second kappa shape index (κ2) is 8.47. The van der Waals surface area contributed by atoms with E-state index in [0.29, 0.717) is 18.1 Å². The van der Waals surface area contributed by atoms with Gasteiger partial charge in [-0.3, -0.25) is 4.99 Å². The summed E-state index contributed by atoms with van der Waals surface area (Å²) in [7, 11) is 1.73. The maximum atomic E-state index is 13.6. The van der Waals surface area contributed by atoms with Gasteiger partial charge in [-0.25, -0.2) is 9.37 Å². The van der Waals surface area contributed by atoms with E-state index >= 15 is 0 Å². The van der Waals surface area contributed by atoms with Crippen LogP contribution in [0.1, 0.15) is 23.4 Å². The number of benzene rings is 2. The first-order chi connectivity index (χ1) is 12.7. The average molecular weight is 353 g/mol. The number of nitrogens with one attached hydrogen (secondary N) is 3. The van der Waals surface area contributed by atoms with Gasteiger partial charge in [0.15, 0.2) is 5.96 Å². The number of guanidine groups is 1. The van der Waals surface area contributed by atoms with Crippen LogP contribution in [0.3, 0.4) is 0 Å². The van der Waals surface area contributed by atoms with E-state index in [1.165, 1.54) is 0 Å². The van der Waals surface area contributed by atoms with Gasteiger partial charge in [0, 0.05) is 26.6 Å². The second-order valence-corrected chi connectivity index (χ2v) is 6.24. The minimum atomic E-state index is -0.182. The Morgan fingerprint density at radius 3 is 2.81 bits per heavy atom. The van der Waals surface area contributed by atoms with Crippen molar-refractivity contribution in [2.75, 3.05) is 13.6 Å². The third kappa shape index (κ3) is 4.59. The van der Waals surface area contributed by atoms with Gasteiger partial charge >= 0.3 is 0 Å². The molecular formula is C20H24FN5. The Morgan fingerprint density at radius 2 is 2.04 bits per heavy atom. The normalized spacial score (nSPS) is 11.7. The van der Waals surface area contributed by atoms with Crippen molar-refractivity contribution < 1.29 is 4.39 Å². The number of aliphatic imine (C=N–C) groups is 1. The minimum absolute atomic E-state index is 0.182. The maximum Gasteiger partial charge on any atom is 0.191 e. The van der Waals surface area contributed by atoms with Crippen LogP contribution in [0.5, 0.6) is 0 Å². The molecule has 3 rings (SSSR count). The Balaban J connectivity index is 1.43. The highest BCUT2D eigenvalue weighted by Gasteiger charge is 2.03. The number of H-pyrrole nitrogens is 1. The van der Waals surface area contributed by atoms with Gasteiger partial charge in [0.1, 0.15) is 11.6 Å². The predicted molar refractivity (Wildman–Crippen MR) is 104 cm³/mol. The molecule has 5 nitrogen and oxygen atoms in total. The molecule has 1 heterocycles. The predicted octanol–water partition coefficient (Wildman–Crippen LogP) is 3.31. The SMILES string of the molecule is CN=C(NCCCc1nc2ccccc2[nH]1)NCc1ccc(C)c(F)c1. The van der Waals surface area contributed by atoms with Crippen LogP contribution >= 0.6 is 0 Å². The van der Waals surface area contributed by atoms with Crippen molar-refractivity contribution in [2.45, 2.75) is 26.3 Å². The number of hydrogen-bond donors (Lipinski definition) is 3. The van der Waals surface area contributed by atoms with E-state index in [-0.39, 0.29) is 5.82 Å². The molecule has 0 spiro atoms. The van der Waals surface area contributed by atoms with Crippen molar-refractivity contribution in [3.8, 4) is 0 Å². The van der Waals surface area contributed by atoms with Crippen LogP contribution in [0.15, 0.2) is 47.5 Å². The van der Waals surface area contributed by atoms with E-state index < -0.39 is 0 Å². The zero-order valence-electron chi connectivity index (χ0n) is 15.1. The summed E-state index contributed by atoms with van der Waals surface area (Å²) in [5.74, 6) is 1.51. The molecule has 26 heavy (non-hydrogen) atoms. The largest absolute Gasteiger partial charge is 0.356 e. The van der Waals surface area contributed by atoms with Crippen molar-refractivity contribution in [1.29, 1.82) is 0 Å². The number of rotatable bonds is 6. The molecule has 0 saturated carbocycles. The molecule has 0 aliphatic heterocycles. The van der Waals surface area contributed by atoms with E-state index in [1.54, 1.807) is 26.1 Å². The number of aryl methyl sites for hydroxylation is 2. The fraction of sp³-hybridized carbons (Fsp3) is 0.300. The Morgan fingerprint density at radius 1 is 1.19 bits per heavy atom. The van der Waals surface area contributed by atoms with E-state index in [1.807, 2.05) is 30.3 Å². The average Bonchev–Trinajstić information content (AvgIpc) is 3.06. The number of nitrogens with zero attached hydrogens (tertiary/aromatic N) is 2. The van der Waals surface area contributed by atoms with Crippen LogP contribution in [0.2, 0.25) is 0 Å². The molecule has 0 aliphatic rings. The number of halogens is 1. The molecule has 0 saturated heterocycles. The lowest BCUT2D eigenvalue weighted by Gasteiger charge is -2.12. The third-order valence-corrected chi connectivity index (χ3v) is 4.24. The van der Waals surface area contributed by atoms with Gasteiger partial charge in [-0.05, 0) is 42.7 Å². The second-order valence-electron chi connectivity index (χ2n) is 6.24. The van der Waals surface area contributed by atoms with Crippen molar-refractivity contribution >= 4 is 17.0 Å². The molecule has 0 fully saturated rings. The summed E-state index contributed by atoms with van der Waals surface area (Å²) in [6, 6.07) is 13.3. The Hall–Kier alpha value is -2.89. The summed E-state index contributed by atoms with van der Waals surface area (Å²) in [6.07, 6.45) is 1.79. The number of fused-ring (bicyclic) bond motifs is 1. The van der Waals surface area contributed by atoms with Crippen LogP contribution < -0.4 is 10.6 Å². The molecule has 0 unspecified atom stereocenters. The smallest absolute Gasteiger partial charge is 0.191 e. The van der Waals surface area contributed by atoms with Gasteiger partial charge in [0.05, 0.1) is 11.0 Å². The lowest BCUT2D eigenvalue weighted by atomic mass is 10.1. The molecule has 3 aromatic rings. The number of aromatic nitrogens is 2. The fourth-order valence-corrected chi connectivity index (χ4v) is 2.74. The summed E-state index contributed by atoms with van der Waals surface area (Å²) in [5.41, 5.74) is 3.61. The molecule has 136 valence electrons. The van der Waals surface area contributed by atoms with Gasteiger partial charge in [0.25, 0.3) is 0 Å². The van der Waals surface area contributed by atoms with Crippen LogP contribution in [-0.2, 0) is 13.0 Å². The number of hydrogen-bond acceptors (Lipinski definition) is 2. The number of para-hydroxylation sites is 2. The quantitative estimate of drug-likeness (QED) is 0.362. The summed E-state index contributed by atoms with van der Waals surface area (Å²) in [6.45, 7) is 3.06. The molecule has 1 aromatic heterocycles. The molecule has 6 heteroatoms. The van der Waals surface area contributed by atoms with Gasteiger partial charge in [-0.2, -0.15) is 0 Å². The first-order valence-electron chi connectivity index (χ1n) is 8.79. The number of aromatic amines is 1. The molecule has 3 N–H and O–H groups in total. The first kappa shape index (κ1) is 17.9. The van der Waals surface area contributed by atoms with E-state index in [0.717, 1.165) is 41.8 Å². The summed E-state index contributed by atoms with van der Waals surface area (Å²) in [5, 5.41) is 6.47. The highest BCUT2D eigenvalue weighted by Crippen LogP contribution is 2.11. The van der Waals surface area contributed by atoms with Crippen molar-refractivity contribution in [3.05, 3.63) is 65.2 Å². The molecule has 0 bridgehead atoms. The lowest BCUT2D eigenvalue weighted by Crippen LogP contribution is -2.37. The van der Waals surface area contributed by atoms with Crippen molar-refractivity contribution in [2.24, 2.45) is 4.99 Å². The van der Waals surface area contributed by atoms with Crippen LogP contribution in [-0.4, -0.2) is 29.5 Å². The molecule has 0 atom stereocenters. The highest BCUT2D eigenvalue weighted by molar-refractivity contribution is 5.79. The van der Waals surface area contributed by atoms with E-state index in [4.69, 9.17) is 0 Å². The zero-order chi connectivity index (χ0) is 18.4. The van der Waals surface area contributed by atoms with E-state index in [9.17, 15) is 4.39 Å². The van der Waals surface area contributed by atoms with Crippen LogP contribution in [0, 0.1) is 12.7 Å². The van der Waals surface area contributed by atoms with Crippen molar-refractivity contribution in [3.63, 3.8) is 0 Å². The summed E-state index contributed by atoms with van der Waals surface area (Å²) < 4.78 is 13.6. The molecule has 0 radical (unpaired) electrons.